The Morgan fingerprint density at radius 2 is 0.880 bits per heavy atom. The Morgan fingerprint density at radius 1 is 0.520 bits per heavy atom. The fourth-order valence-corrected chi connectivity index (χ4v) is 5.64. The molecule has 0 spiro atoms. The molecule has 0 aromatic carbocycles. The standard InChI is InChI=1S/C41H78N4O5/c1-3-5-7-9-11-13-15-17-19-21-23-25-27-29-31-39(47)49-35-37(45-38(46)33-34-44-41(42)43)36-50-40(48)32-30-28-26-24-22-20-18-16-14-12-10-8-6-4-2/h15-18,37,41,44H,3-14,19-36,42-43H2,1-2H3,(H,45,46)/b17-15+,18-16+. The van der Waals surface area contributed by atoms with Crippen LogP contribution in [0.3, 0.4) is 0 Å². The van der Waals surface area contributed by atoms with Crippen LogP contribution in [0.15, 0.2) is 24.3 Å². The van der Waals surface area contributed by atoms with E-state index in [0.717, 1.165) is 64.2 Å². The number of carbonyl (C=O) groups excluding carboxylic acids is 3. The van der Waals surface area contributed by atoms with Gasteiger partial charge in [0.2, 0.25) is 5.91 Å². The molecule has 0 fully saturated rings. The van der Waals surface area contributed by atoms with Crippen LogP contribution in [0.1, 0.15) is 187 Å². The van der Waals surface area contributed by atoms with Crippen molar-refractivity contribution in [3.8, 4) is 0 Å². The predicted molar refractivity (Wildman–Crippen MR) is 208 cm³/mol. The first kappa shape index (κ1) is 47.8. The van der Waals surface area contributed by atoms with E-state index in [-0.39, 0.29) is 37.5 Å². The second kappa shape index (κ2) is 38.0. The van der Waals surface area contributed by atoms with E-state index in [1.54, 1.807) is 0 Å². The van der Waals surface area contributed by atoms with Crippen molar-refractivity contribution >= 4 is 17.8 Å². The maximum Gasteiger partial charge on any atom is 0.305 e. The van der Waals surface area contributed by atoms with Gasteiger partial charge in [-0.05, 0) is 64.2 Å². The van der Waals surface area contributed by atoms with Gasteiger partial charge in [0.25, 0.3) is 0 Å². The summed E-state index contributed by atoms with van der Waals surface area (Å²) in [5, 5.41) is 5.60. The Hall–Kier alpha value is -2.23. The Labute approximate surface area is 306 Å². The number of rotatable bonds is 37. The van der Waals surface area contributed by atoms with Crippen molar-refractivity contribution in [3.63, 3.8) is 0 Å². The van der Waals surface area contributed by atoms with E-state index < -0.39 is 12.3 Å². The van der Waals surface area contributed by atoms with Crippen LogP contribution in [0.25, 0.3) is 0 Å². The summed E-state index contributed by atoms with van der Waals surface area (Å²) in [6.07, 6.45) is 37.7. The molecule has 0 rings (SSSR count). The van der Waals surface area contributed by atoms with Crippen molar-refractivity contribution in [2.75, 3.05) is 19.8 Å². The van der Waals surface area contributed by atoms with Gasteiger partial charge in [-0.1, -0.05) is 128 Å². The number of ether oxygens (including phenoxy) is 2. The third kappa shape index (κ3) is 37.0. The highest BCUT2D eigenvalue weighted by molar-refractivity contribution is 5.76. The molecule has 0 aliphatic carbocycles. The first-order valence-corrected chi connectivity index (χ1v) is 20.5. The van der Waals surface area contributed by atoms with Crippen LogP contribution in [0.4, 0.5) is 0 Å². The number of allylic oxidation sites excluding steroid dienone is 4. The van der Waals surface area contributed by atoms with Gasteiger partial charge in [-0.2, -0.15) is 0 Å². The second-order valence-corrected chi connectivity index (χ2v) is 13.8. The molecule has 0 saturated heterocycles. The lowest BCUT2D eigenvalue weighted by atomic mass is 10.1. The summed E-state index contributed by atoms with van der Waals surface area (Å²) in [5.74, 6) is -0.865. The average molecular weight is 707 g/mol. The summed E-state index contributed by atoms with van der Waals surface area (Å²) >= 11 is 0. The van der Waals surface area contributed by atoms with Crippen LogP contribution in [-0.4, -0.2) is 49.9 Å². The summed E-state index contributed by atoms with van der Waals surface area (Å²) in [5.41, 5.74) is 11.0. The van der Waals surface area contributed by atoms with Crippen LogP contribution in [0.5, 0.6) is 0 Å². The second-order valence-electron chi connectivity index (χ2n) is 13.8. The number of amides is 1. The molecule has 0 aliphatic rings. The lowest BCUT2D eigenvalue weighted by Crippen LogP contribution is -2.47. The normalized spacial score (nSPS) is 11.7. The largest absolute Gasteiger partial charge is 0.463 e. The van der Waals surface area contributed by atoms with Gasteiger partial charge in [0, 0.05) is 25.8 Å². The van der Waals surface area contributed by atoms with Crippen molar-refractivity contribution in [2.24, 2.45) is 11.5 Å². The summed E-state index contributed by atoms with van der Waals surface area (Å²) in [7, 11) is 0. The molecule has 9 heteroatoms. The first-order chi connectivity index (χ1) is 24.4. The molecule has 0 atom stereocenters. The molecule has 50 heavy (non-hydrogen) atoms. The van der Waals surface area contributed by atoms with Crippen LogP contribution >= 0.6 is 0 Å². The van der Waals surface area contributed by atoms with E-state index in [9.17, 15) is 14.4 Å². The van der Waals surface area contributed by atoms with Crippen LogP contribution in [0, 0.1) is 0 Å². The third-order valence-corrected chi connectivity index (χ3v) is 8.77. The van der Waals surface area contributed by atoms with Crippen LogP contribution in [-0.2, 0) is 23.9 Å². The molecule has 0 unspecified atom stereocenters. The van der Waals surface area contributed by atoms with Gasteiger partial charge in [0.1, 0.15) is 19.5 Å². The zero-order chi connectivity index (χ0) is 36.8. The number of hydrogen-bond acceptors (Lipinski definition) is 8. The van der Waals surface area contributed by atoms with Gasteiger partial charge >= 0.3 is 11.9 Å². The molecule has 0 heterocycles. The van der Waals surface area contributed by atoms with Crippen molar-refractivity contribution in [2.45, 2.75) is 200 Å². The molecule has 0 aliphatic heterocycles. The number of hydrogen-bond donors (Lipinski definition) is 4. The van der Waals surface area contributed by atoms with E-state index in [4.69, 9.17) is 20.9 Å². The number of nitrogens with one attached hydrogen (secondary N) is 2. The minimum Gasteiger partial charge on any atom is -0.463 e. The van der Waals surface area contributed by atoms with E-state index in [1.807, 2.05) is 0 Å². The van der Waals surface area contributed by atoms with Crippen molar-refractivity contribution < 1.29 is 23.9 Å². The van der Waals surface area contributed by atoms with E-state index in [1.165, 1.54) is 89.9 Å². The highest BCUT2D eigenvalue weighted by Gasteiger charge is 2.17. The number of nitrogens with two attached hydrogens (primary N) is 2. The monoisotopic (exact) mass is 707 g/mol. The Bertz CT molecular complexity index is 795. The third-order valence-electron chi connectivity index (χ3n) is 8.77. The van der Waals surface area contributed by atoms with Crippen molar-refractivity contribution in [1.82, 2.24) is 10.6 Å². The topological polar surface area (TPSA) is 146 Å². The molecule has 0 saturated carbocycles. The summed E-state index contributed by atoms with van der Waals surface area (Å²) < 4.78 is 10.9. The maximum atomic E-state index is 12.4. The minimum atomic E-state index is -0.709. The quantitative estimate of drug-likeness (QED) is 0.0217. The molecule has 0 aromatic heterocycles. The first-order valence-electron chi connectivity index (χ1n) is 20.5. The Balaban J connectivity index is 4.17. The van der Waals surface area contributed by atoms with Gasteiger partial charge in [-0.15, -0.1) is 0 Å². The zero-order valence-corrected chi connectivity index (χ0v) is 32.4. The number of esters is 2. The molecule has 292 valence electrons. The van der Waals surface area contributed by atoms with E-state index in [0.29, 0.717) is 19.4 Å². The molecule has 0 radical (unpaired) electrons. The molecule has 9 nitrogen and oxygen atoms in total. The lowest BCUT2D eigenvalue weighted by Gasteiger charge is -2.19. The van der Waals surface area contributed by atoms with E-state index >= 15 is 0 Å². The Morgan fingerprint density at radius 3 is 1.26 bits per heavy atom. The van der Waals surface area contributed by atoms with Gasteiger partial charge in [0.05, 0.1) is 6.04 Å². The smallest absolute Gasteiger partial charge is 0.305 e. The van der Waals surface area contributed by atoms with E-state index in [2.05, 4.69) is 48.8 Å². The SMILES string of the molecule is CCCCCCC/C=C/CCCCCCCC(=O)OCC(COC(=O)CCCCCCC/C=C/CCCCCCC)NC(=O)CCNC(N)N. The molecule has 1 amide bonds. The Kier molecular flexibility index (Phi) is 36.3. The lowest BCUT2D eigenvalue weighted by molar-refractivity contribution is -0.149. The molecule has 0 aromatic rings. The number of unbranched alkanes of at least 4 members (excludes halogenated alkanes) is 20. The molecular weight excluding hydrogens is 628 g/mol. The van der Waals surface area contributed by atoms with Gasteiger partial charge in [-0.25, -0.2) is 0 Å². The average Bonchev–Trinajstić information content (AvgIpc) is 3.09. The van der Waals surface area contributed by atoms with Crippen molar-refractivity contribution in [3.05, 3.63) is 24.3 Å². The molecule has 6 N–H and O–H groups in total. The van der Waals surface area contributed by atoms with Gasteiger partial charge in [-0.3, -0.25) is 19.7 Å². The fourth-order valence-electron chi connectivity index (χ4n) is 5.64. The molecule has 0 bridgehead atoms. The number of carbonyl (C=O) groups is 3. The predicted octanol–water partition coefficient (Wildman–Crippen LogP) is 9.03. The summed E-state index contributed by atoms with van der Waals surface area (Å²) in [6.45, 7) is 4.72. The zero-order valence-electron chi connectivity index (χ0n) is 32.4. The highest BCUT2D eigenvalue weighted by Crippen LogP contribution is 2.12. The highest BCUT2D eigenvalue weighted by atomic mass is 16.5. The fraction of sp³-hybridized carbons (Fsp3) is 0.829. The maximum absolute atomic E-state index is 12.4. The van der Waals surface area contributed by atoms with Crippen molar-refractivity contribution in [1.29, 1.82) is 0 Å². The molecular formula is C41H78N4O5. The summed E-state index contributed by atoms with van der Waals surface area (Å²) in [6, 6.07) is -0.615. The van der Waals surface area contributed by atoms with Crippen LogP contribution < -0.4 is 22.1 Å². The minimum absolute atomic E-state index is 0.0417. The van der Waals surface area contributed by atoms with Gasteiger partial charge in [0.15, 0.2) is 0 Å². The van der Waals surface area contributed by atoms with Crippen LogP contribution in [0.2, 0.25) is 0 Å². The van der Waals surface area contributed by atoms with Gasteiger partial charge < -0.3 is 26.3 Å². The summed E-state index contributed by atoms with van der Waals surface area (Å²) in [4.78, 5) is 37.2.